The summed E-state index contributed by atoms with van der Waals surface area (Å²) in [4.78, 5) is 12.4. The summed E-state index contributed by atoms with van der Waals surface area (Å²) in [6.07, 6.45) is -3.79. The first kappa shape index (κ1) is 18.1. The topological polar surface area (TPSA) is 62.1 Å². The Balaban J connectivity index is 2.27. The van der Waals surface area contributed by atoms with Crippen LogP contribution in [0.25, 0.3) is 0 Å². The van der Waals surface area contributed by atoms with Gasteiger partial charge in [-0.15, -0.1) is 13.2 Å². The molecule has 0 spiro atoms. The molecule has 0 radical (unpaired) electrons. The first-order valence-electron chi connectivity index (χ1n) is 7.13. The number of halogens is 3. The summed E-state index contributed by atoms with van der Waals surface area (Å²) < 4.78 is 41.2. The van der Waals surface area contributed by atoms with Gasteiger partial charge >= 0.3 is 6.36 Å². The number of nitrogens with one attached hydrogen (secondary N) is 1. The first-order chi connectivity index (χ1) is 11.8. The van der Waals surface area contributed by atoms with Crippen LogP contribution in [0.3, 0.4) is 0 Å². The molecule has 7 heteroatoms. The lowest BCUT2D eigenvalue weighted by molar-refractivity contribution is -0.274. The lowest BCUT2D eigenvalue weighted by Gasteiger charge is -2.12. The van der Waals surface area contributed by atoms with E-state index in [0.29, 0.717) is 5.69 Å². The average molecular weight is 346 g/mol. The van der Waals surface area contributed by atoms with Crippen molar-refractivity contribution in [2.24, 2.45) is 0 Å². The Hall–Kier alpha value is -3.27. The predicted octanol–water partition coefficient (Wildman–Crippen LogP) is 4.60. The van der Waals surface area contributed by atoms with Gasteiger partial charge in [0.15, 0.2) is 0 Å². The van der Waals surface area contributed by atoms with Crippen LogP contribution in [0, 0.1) is 18.3 Å². The number of hydrogen-bond acceptors (Lipinski definition) is 4. The van der Waals surface area contributed by atoms with Gasteiger partial charge in [-0.1, -0.05) is 29.8 Å². The standard InChI is InChI=1S/C18H13F3N2O2/c1-12-6-8-14(9-7-12)23-11-13(10-22)17(24)15-4-2-3-5-16(15)25-18(19,20)21/h2-9,11,23H,1H3. The van der Waals surface area contributed by atoms with Crippen molar-refractivity contribution >= 4 is 11.5 Å². The summed E-state index contributed by atoms with van der Waals surface area (Å²) in [6, 6.07) is 13.7. The number of nitrogens with zero attached hydrogens (tertiary/aromatic N) is 1. The number of benzene rings is 2. The van der Waals surface area contributed by atoms with Crippen LogP contribution in [-0.2, 0) is 0 Å². The zero-order valence-corrected chi connectivity index (χ0v) is 13.1. The summed E-state index contributed by atoms with van der Waals surface area (Å²) in [6.45, 7) is 1.90. The second-order valence-electron chi connectivity index (χ2n) is 5.05. The van der Waals surface area contributed by atoms with Crippen molar-refractivity contribution in [3.8, 4) is 11.8 Å². The molecule has 0 heterocycles. The molecule has 128 valence electrons. The predicted molar refractivity (Wildman–Crippen MR) is 86.0 cm³/mol. The summed E-state index contributed by atoms with van der Waals surface area (Å²) in [5.41, 5.74) is 0.965. The Kier molecular flexibility index (Phi) is 5.45. The molecule has 0 bridgehead atoms. The van der Waals surface area contributed by atoms with E-state index in [-0.39, 0.29) is 11.1 Å². The summed E-state index contributed by atoms with van der Waals surface area (Å²) >= 11 is 0. The smallest absolute Gasteiger partial charge is 0.405 e. The fourth-order valence-corrected chi connectivity index (χ4v) is 1.97. The SMILES string of the molecule is Cc1ccc(NC=C(C#N)C(=O)c2ccccc2OC(F)(F)F)cc1. The molecule has 0 atom stereocenters. The summed E-state index contributed by atoms with van der Waals surface area (Å²) in [7, 11) is 0. The number of alkyl halides is 3. The Morgan fingerprint density at radius 2 is 1.80 bits per heavy atom. The van der Waals surface area contributed by atoms with E-state index >= 15 is 0 Å². The van der Waals surface area contributed by atoms with E-state index in [9.17, 15) is 18.0 Å². The van der Waals surface area contributed by atoms with Crippen molar-refractivity contribution in [1.29, 1.82) is 5.26 Å². The number of carbonyl (C=O) groups excluding carboxylic acids is 1. The minimum Gasteiger partial charge on any atom is -0.405 e. The Labute approximate surface area is 142 Å². The molecule has 0 aliphatic carbocycles. The number of rotatable bonds is 5. The molecule has 1 N–H and O–H groups in total. The number of carbonyl (C=O) groups is 1. The number of hydrogen-bond donors (Lipinski definition) is 1. The van der Waals surface area contributed by atoms with E-state index in [0.717, 1.165) is 17.8 Å². The normalized spacial score (nSPS) is 11.6. The molecule has 0 amide bonds. The lowest BCUT2D eigenvalue weighted by Crippen LogP contribution is -2.19. The number of ketones is 1. The number of Topliss-reactive ketones (excluding diaryl/α,β-unsaturated/α-hetero) is 1. The molecule has 0 aliphatic rings. The number of aryl methyl sites for hydroxylation is 1. The highest BCUT2D eigenvalue weighted by atomic mass is 19.4. The maximum Gasteiger partial charge on any atom is 0.573 e. The van der Waals surface area contributed by atoms with Gasteiger partial charge in [-0.3, -0.25) is 4.79 Å². The van der Waals surface area contributed by atoms with Crippen molar-refractivity contribution in [2.75, 3.05) is 5.32 Å². The molecule has 0 aromatic heterocycles. The van der Waals surface area contributed by atoms with E-state index in [2.05, 4.69) is 10.1 Å². The number of allylic oxidation sites excluding steroid dienone is 1. The second-order valence-corrected chi connectivity index (χ2v) is 5.05. The third kappa shape index (κ3) is 5.11. The van der Waals surface area contributed by atoms with Crippen LogP contribution in [0.2, 0.25) is 0 Å². The van der Waals surface area contributed by atoms with Crippen LogP contribution in [0.15, 0.2) is 60.3 Å². The molecule has 2 rings (SSSR count). The number of nitriles is 1. The average Bonchev–Trinajstić information content (AvgIpc) is 2.56. The third-order valence-electron chi connectivity index (χ3n) is 3.16. The summed E-state index contributed by atoms with van der Waals surface area (Å²) in [5, 5.41) is 11.9. The van der Waals surface area contributed by atoms with Gasteiger partial charge < -0.3 is 10.1 Å². The summed E-state index contributed by atoms with van der Waals surface area (Å²) in [5.74, 6) is -1.53. The van der Waals surface area contributed by atoms with Gasteiger partial charge in [-0.05, 0) is 31.2 Å². The fourth-order valence-electron chi connectivity index (χ4n) is 1.97. The molecule has 0 saturated carbocycles. The van der Waals surface area contributed by atoms with Crippen molar-refractivity contribution in [3.63, 3.8) is 0 Å². The Morgan fingerprint density at radius 3 is 2.40 bits per heavy atom. The van der Waals surface area contributed by atoms with Gasteiger partial charge in [0.1, 0.15) is 17.4 Å². The molecular weight excluding hydrogens is 333 g/mol. The fraction of sp³-hybridized carbons (Fsp3) is 0.111. The van der Waals surface area contributed by atoms with Crippen molar-refractivity contribution < 1.29 is 22.7 Å². The van der Waals surface area contributed by atoms with E-state index in [4.69, 9.17) is 5.26 Å². The van der Waals surface area contributed by atoms with Crippen LogP contribution in [0.5, 0.6) is 5.75 Å². The number of anilines is 1. The van der Waals surface area contributed by atoms with Gasteiger partial charge in [0, 0.05) is 11.9 Å². The largest absolute Gasteiger partial charge is 0.573 e. The number of para-hydroxylation sites is 1. The van der Waals surface area contributed by atoms with Crippen molar-refractivity contribution in [1.82, 2.24) is 0 Å². The molecule has 0 unspecified atom stereocenters. The molecule has 4 nitrogen and oxygen atoms in total. The molecule has 0 fully saturated rings. The van der Waals surface area contributed by atoms with Crippen molar-refractivity contribution in [2.45, 2.75) is 13.3 Å². The second kappa shape index (κ2) is 7.53. The molecule has 0 saturated heterocycles. The molecule has 2 aromatic carbocycles. The van der Waals surface area contributed by atoms with Crippen molar-refractivity contribution in [3.05, 3.63) is 71.4 Å². The monoisotopic (exact) mass is 346 g/mol. The van der Waals surface area contributed by atoms with Gasteiger partial charge in [0.05, 0.1) is 5.56 Å². The zero-order chi connectivity index (χ0) is 18.4. The van der Waals surface area contributed by atoms with Crippen LogP contribution < -0.4 is 10.1 Å². The van der Waals surface area contributed by atoms with Crippen LogP contribution in [0.1, 0.15) is 15.9 Å². The lowest BCUT2D eigenvalue weighted by atomic mass is 10.0. The van der Waals surface area contributed by atoms with Gasteiger partial charge in [0.2, 0.25) is 5.78 Å². The van der Waals surface area contributed by atoms with E-state index in [1.165, 1.54) is 18.2 Å². The molecule has 2 aromatic rings. The number of ether oxygens (including phenoxy) is 1. The van der Waals surface area contributed by atoms with Crippen LogP contribution in [0.4, 0.5) is 18.9 Å². The van der Waals surface area contributed by atoms with Crippen LogP contribution in [-0.4, -0.2) is 12.1 Å². The van der Waals surface area contributed by atoms with Crippen LogP contribution >= 0.6 is 0 Å². The minimum absolute atomic E-state index is 0.348. The van der Waals surface area contributed by atoms with E-state index < -0.39 is 17.9 Å². The molecular formula is C18H13F3N2O2. The van der Waals surface area contributed by atoms with Gasteiger partial charge in [-0.25, -0.2) is 0 Å². The molecule has 25 heavy (non-hydrogen) atoms. The highest BCUT2D eigenvalue weighted by Crippen LogP contribution is 2.27. The quantitative estimate of drug-likeness (QED) is 0.488. The Morgan fingerprint density at radius 1 is 1.16 bits per heavy atom. The van der Waals surface area contributed by atoms with Gasteiger partial charge in [0.25, 0.3) is 0 Å². The first-order valence-corrected chi connectivity index (χ1v) is 7.13. The third-order valence-corrected chi connectivity index (χ3v) is 3.16. The highest BCUT2D eigenvalue weighted by Gasteiger charge is 2.33. The maximum absolute atomic E-state index is 12.4. The maximum atomic E-state index is 12.4. The van der Waals surface area contributed by atoms with E-state index in [1.54, 1.807) is 18.2 Å². The minimum atomic E-state index is -4.94. The Bertz CT molecular complexity index is 835. The van der Waals surface area contributed by atoms with E-state index in [1.807, 2.05) is 19.1 Å². The zero-order valence-electron chi connectivity index (χ0n) is 13.1. The highest BCUT2D eigenvalue weighted by molar-refractivity contribution is 6.13. The van der Waals surface area contributed by atoms with Gasteiger partial charge in [-0.2, -0.15) is 5.26 Å². The molecule has 0 aliphatic heterocycles.